The molecule has 52 heavy (non-hydrogen) atoms. The average Bonchev–Trinajstić information content (AvgIpc) is 3.52. The van der Waals surface area contributed by atoms with Crippen LogP contribution in [0.3, 0.4) is 0 Å². The molecule has 0 saturated carbocycles. The Bertz CT molecular complexity index is 2500. The molecule has 0 fully saturated rings. The molecule has 0 saturated heterocycles. The number of aromatic nitrogens is 2. The van der Waals surface area contributed by atoms with Crippen LogP contribution in [0, 0.1) is 31.8 Å². The predicted molar refractivity (Wildman–Crippen MR) is 225 cm³/mol. The average molecular weight is 945 g/mol. The van der Waals surface area contributed by atoms with Gasteiger partial charge in [-0.3, -0.25) is 0 Å². The summed E-state index contributed by atoms with van der Waals surface area (Å²) in [6.45, 7) is 10.1. The number of thiophene rings is 1. The van der Waals surface area contributed by atoms with Gasteiger partial charge < -0.3 is 4.98 Å². The van der Waals surface area contributed by atoms with Crippen molar-refractivity contribution in [2.45, 2.75) is 77.5 Å². The van der Waals surface area contributed by atoms with Crippen LogP contribution < -0.4 is 4.40 Å². The van der Waals surface area contributed by atoms with Crippen molar-refractivity contribution in [3.63, 3.8) is 0 Å². The molecule has 1 radical (unpaired) electrons. The number of pyridine rings is 2. The van der Waals surface area contributed by atoms with Crippen molar-refractivity contribution in [2.24, 2.45) is 5.92 Å². The Morgan fingerprint density at radius 2 is 1.60 bits per heavy atom. The van der Waals surface area contributed by atoms with Crippen LogP contribution in [0.1, 0.15) is 63.7 Å². The Morgan fingerprint density at radius 3 is 2.23 bits per heavy atom. The van der Waals surface area contributed by atoms with Crippen LogP contribution in [-0.4, -0.2) is 23.2 Å². The summed E-state index contributed by atoms with van der Waals surface area (Å²) in [5.74, 6) is 7.00. The summed E-state index contributed by atoms with van der Waals surface area (Å²) >= 11 is -0.325. The largest absolute Gasteiger partial charge is 0.305 e. The number of rotatable bonds is 6. The smallest absolute Gasteiger partial charge is 0.0318 e. The van der Waals surface area contributed by atoms with Crippen molar-refractivity contribution in [3.8, 4) is 33.6 Å². The first-order chi connectivity index (χ1) is 26.2. The van der Waals surface area contributed by atoms with E-state index in [-0.39, 0.29) is 31.4 Å². The normalized spacial score (nSPS) is 13.7. The summed E-state index contributed by atoms with van der Waals surface area (Å²) in [6.07, 6.45) is 2.21. The summed E-state index contributed by atoms with van der Waals surface area (Å²) in [6, 6.07) is 36.2. The van der Waals surface area contributed by atoms with Crippen molar-refractivity contribution >= 4 is 49.2 Å². The van der Waals surface area contributed by atoms with Crippen molar-refractivity contribution < 1.29 is 27.0 Å². The fraction of sp³-hybridized carbons (Fsp3) is 0.277. The zero-order chi connectivity index (χ0) is 40.8. The van der Waals surface area contributed by atoms with Gasteiger partial charge in [0.25, 0.3) is 0 Å². The molecule has 0 bridgehead atoms. The molecule has 0 aliphatic heterocycles. The third-order valence-electron chi connectivity index (χ3n) is 9.04. The molecule has 3 aromatic heterocycles. The van der Waals surface area contributed by atoms with E-state index in [0.717, 1.165) is 42.6 Å². The van der Waals surface area contributed by atoms with Gasteiger partial charge in [-0.05, 0) is 68.7 Å². The van der Waals surface area contributed by atoms with Gasteiger partial charge in [0.05, 0.1) is 0 Å². The van der Waals surface area contributed by atoms with E-state index in [4.69, 9.17) is 6.85 Å². The maximum absolute atomic E-state index is 8.55. The number of benzene rings is 4. The van der Waals surface area contributed by atoms with Crippen LogP contribution >= 0.6 is 11.3 Å². The Kier molecular flexibility index (Phi) is 10.4. The van der Waals surface area contributed by atoms with Gasteiger partial charge in [0.1, 0.15) is 0 Å². The molecule has 7 rings (SSSR count). The van der Waals surface area contributed by atoms with Gasteiger partial charge in [-0.25, -0.2) is 0 Å². The Morgan fingerprint density at radius 1 is 0.846 bits per heavy atom. The summed E-state index contributed by atoms with van der Waals surface area (Å²) in [4.78, 5) is 9.16. The van der Waals surface area contributed by atoms with Gasteiger partial charge in [0.15, 0.2) is 0 Å². The Labute approximate surface area is 338 Å². The van der Waals surface area contributed by atoms with Crippen LogP contribution in [0.4, 0.5) is 0 Å². The minimum atomic E-state index is -2.31. The molecule has 0 atom stereocenters. The monoisotopic (exact) mass is 946 g/mol. The van der Waals surface area contributed by atoms with Crippen molar-refractivity contribution in [3.05, 3.63) is 138 Å². The second-order valence-electron chi connectivity index (χ2n) is 15.5. The third-order valence-corrected chi connectivity index (χ3v) is 14.8. The standard InChI is InChI=1S/C32H32NS.C15H18GeN.Ir/c1-20(2)18-22-16-17-33-29(19-22)28-9-7-8-26-27-15-14-25(21(3)30(27)34-31(26)28)23-10-12-24(13-11-23)32(4,5)6;1-12-10-15(13-8-6-5-7-9-13)17-11-14(12)16(2,3)4;/h7-8,10-17,19-20H,18H2,1-6H3;5-8,10-11H,1-4H3;/q2*-1;/i3D3,18D2;;. The first-order valence-corrected chi connectivity index (χ1v) is 25.8. The molecule has 3 heterocycles. The summed E-state index contributed by atoms with van der Waals surface area (Å²) in [7, 11) is 0. The predicted octanol–water partition coefficient (Wildman–Crippen LogP) is 12.8. The van der Waals surface area contributed by atoms with E-state index in [9.17, 15) is 0 Å². The van der Waals surface area contributed by atoms with E-state index in [1.807, 2.05) is 68.4 Å². The maximum Gasteiger partial charge on any atom is 0.0318 e. The quantitative estimate of drug-likeness (QED) is 0.123. The molecular formula is C47H50GeIrN2S-2. The molecule has 4 aromatic carbocycles. The zero-order valence-corrected chi connectivity index (χ0v) is 36.8. The maximum atomic E-state index is 8.55. The molecular weight excluding hydrogens is 889 g/mol. The fourth-order valence-corrected chi connectivity index (χ4v) is 11.3. The molecule has 0 amide bonds. The van der Waals surface area contributed by atoms with Gasteiger partial charge in [0, 0.05) is 37.9 Å². The van der Waals surface area contributed by atoms with E-state index >= 15 is 0 Å². The Hall–Kier alpha value is -3.41. The second-order valence-corrected chi connectivity index (χ2v) is 27.1. The summed E-state index contributed by atoms with van der Waals surface area (Å²) < 4.78 is 45.7. The van der Waals surface area contributed by atoms with Crippen molar-refractivity contribution in [1.82, 2.24) is 9.97 Å². The molecule has 0 spiro atoms. The Balaban J connectivity index is 0.000000289. The van der Waals surface area contributed by atoms with E-state index < -0.39 is 26.5 Å². The number of hydrogen-bond donors (Lipinski definition) is 0. The minimum absolute atomic E-state index is 0. The van der Waals surface area contributed by atoms with Crippen LogP contribution in [0.2, 0.25) is 17.3 Å². The molecule has 0 unspecified atom stereocenters. The number of hydrogen-bond acceptors (Lipinski definition) is 3. The third kappa shape index (κ3) is 8.85. The van der Waals surface area contributed by atoms with Crippen LogP contribution in [0.5, 0.6) is 0 Å². The topological polar surface area (TPSA) is 25.8 Å². The number of nitrogens with zero attached hydrogens (tertiary/aromatic N) is 2. The first kappa shape index (κ1) is 33.2. The van der Waals surface area contributed by atoms with Crippen molar-refractivity contribution in [1.29, 1.82) is 0 Å². The molecule has 0 N–H and O–H groups in total. The van der Waals surface area contributed by atoms with Gasteiger partial charge in [0.2, 0.25) is 0 Å². The fourth-order valence-electron chi connectivity index (χ4n) is 6.42. The SMILES string of the molecule is Cc1cc(-c2[c-]cccc2)nc[c]1[Ge]([CH3])([CH3])[CH3].[2H]C([2H])([2H])c1c(-c2ccc(C(C)(C)C)cc2)ccc2c1sc1c(-c3cc(C([2H])([2H])C(C)C)ccn3)[c-]ccc12.[Ir]. The van der Waals surface area contributed by atoms with E-state index in [1.54, 1.807) is 18.3 Å². The minimum Gasteiger partial charge on any atom is -0.305 e. The molecule has 0 aliphatic rings. The summed E-state index contributed by atoms with van der Waals surface area (Å²) in [5, 5.41) is 1.84. The summed E-state index contributed by atoms with van der Waals surface area (Å²) in [5.41, 5.74) is 8.57. The second kappa shape index (κ2) is 16.3. The molecule has 269 valence electrons. The van der Waals surface area contributed by atoms with Crippen LogP contribution in [-0.2, 0) is 31.9 Å². The molecule has 0 aliphatic carbocycles. The van der Waals surface area contributed by atoms with Gasteiger partial charge >= 0.3 is 106 Å². The van der Waals surface area contributed by atoms with E-state index in [2.05, 4.69) is 97.5 Å². The van der Waals surface area contributed by atoms with Crippen LogP contribution in [0.25, 0.3) is 53.8 Å². The van der Waals surface area contributed by atoms with E-state index in [1.165, 1.54) is 26.9 Å². The van der Waals surface area contributed by atoms with Gasteiger partial charge in [-0.1, -0.05) is 88.0 Å². The molecule has 7 aromatic rings. The molecule has 5 heteroatoms. The van der Waals surface area contributed by atoms with E-state index in [0.29, 0.717) is 22.4 Å². The number of aryl methyl sites for hydroxylation is 2. The van der Waals surface area contributed by atoms with Crippen LogP contribution in [0.15, 0.2) is 103 Å². The zero-order valence-electron chi connectivity index (χ0n) is 36.5. The first-order valence-electron chi connectivity index (χ1n) is 20.1. The van der Waals surface area contributed by atoms with Gasteiger partial charge in [-0.15, -0.1) is 23.8 Å². The number of fused-ring (bicyclic) bond motifs is 3. The van der Waals surface area contributed by atoms with Gasteiger partial charge in [-0.2, -0.15) is 11.3 Å². The molecule has 2 nitrogen and oxygen atoms in total. The van der Waals surface area contributed by atoms with Crippen molar-refractivity contribution in [2.75, 3.05) is 0 Å².